The minimum Gasteiger partial charge on any atom is -0.493 e. The highest BCUT2D eigenvalue weighted by Crippen LogP contribution is 2.43. The Balaban J connectivity index is 2.14. The Labute approximate surface area is 142 Å². The van der Waals surface area contributed by atoms with E-state index >= 15 is 0 Å². The molecule has 0 bridgehead atoms. The van der Waals surface area contributed by atoms with E-state index in [9.17, 15) is 17.9 Å². The molecule has 0 amide bonds. The van der Waals surface area contributed by atoms with Crippen molar-refractivity contribution in [2.45, 2.75) is 10.1 Å². The molecule has 0 aliphatic carbocycles. The molecule has 0 spiro atoms. The zero-order valence-corrected chi connectivity index (χ0v) is 14.3. The van der Waals surface area contributed by atoms with E-state index in [1.807, 2.05) is 0 Å². The van der Waals surface area contributed by atoms with Gasteiger partial charge in [0.1, 0.15) is 16.8 Å². The van der Waals surface area contributed by atoms with Gasteiger partial charge in [0, 0.05) is 16.0 Å². The molecule has 0 fully saturated rings. The van der Waals surface area contributed by atoms with Crippen LogP contribution in [0.15, 0.2) is 51.8 Å². The maximum Gasteiger partial charge on any atom is 0.186 e. The molecule has 0 saturated heterocycles. The minimum absolute atomic E-state index is 0.0260. The highest BCUT2D eigenvalue weighted by Gasteiger charge is 2.40. The Hall–Kier alpha value is -1.44. The number of hydrogen-bond acceptors (Lipinski definition) is 4. The summed E-state index contributed by atoms with van der Waals surface area (Å²) in [6.07, 6.45) is 0. The van der Waals surface area contributed by atoms with Crippen LogP contribution in [0, 0.1) is 11.7 Å². The molecule has 2 atom stereocenters. The molecule has 1 heterocycles. The van der Waals surface area contributed by atoms with Crippen LogP contribution in [0.5, 0.6) is 5.75 Å². The monoisotopic (exact) mass is 400 g/mol. The quantitative estimate of drug-likeness (QED) is 0.803. The van der Waals surface area contributed by atoms with Gasteiger partial charge in [0.2, 0.25) is 0 Å². The molecule has 1 aliphatic rings. The standard InChI is InChI=1S/C16H14BrFO4S/c17-11-1-6-14-15(7-11)22-9-10(8-19)16(14)23(20,21)13-4-2-12(18)3-5-13/h1-7,10,16,19H,8-9H2. The lowest BCUT2D eigenvalue weighted by Gasteiger charge is -2.32. The average molecular weight is 401 g/mol. The molecule has 7 heteroatoms. The van der Waals surface area contributed by atoms with Crippen molar-refractivity contribution in [3.63, 3.8) is 0 Å². The van der Waals surface area contributed by atoms with Crippen LogP contribution in [-0.2, 0) is 9.84 Å². The number of aliphatic hydroxyl groups is 1. The smallest absolute Gasteiger partial charge is 0.186 e. The number of benzene rings is 2. The summed E-state index contributed by atoms with van der Waals surface area (Å²) in [4.78, 5) is 0.0260. The van der Waals surface area contributed by atoms with E-state index in [0.717, 1.165) is 16.6 Å². The lowest BCUT2D eigenvalue weighted by molar-refractivity contribution is 0.141. The number of halogens is 2. The van der Waals surface area contributed by atoms with Gasteiger partial charge in [0.15, 0.2) is 9.84 Å². The fraction of sp³-hybridized carbons (Fsp3) is 0.250. The number of sulfone groups is 1. The van der Waals surface area contributed by atoms with Crippen LogP contribution in [0.1, 0.15) is 10.8 Å². The first kappa shape index (κ1) is 16.4. The second-order valence-corrected chi connectivity index (χ2v) is 8.34. The summed E-state index contributed by atoms with van der Waals surface area (Å²) in [7, 11) is -3.79. The summed E-state index contributed by atoms with van der Waals surface area (Å²) in [6.45, 7) is -0.217. The van der Waals surface area contributed by atoms with Crippen LogP contribution in [0.2, 0.25) is 0 Å². The van der Waals surface area contributed by atoms with Gasteiger partial charge in [0.05, 0.1) is 18.1 Å². The molecular weight excluding hydrogens is 387 g/mol. The summed E-state index contributed by atoms with van der Waals surface area (Å²) >= 11 is 3.33. The molecule has 2 aromatic carbocycles. The topological polar surface area (TPSA) is 63.6 Å². The molecule has 1 aliphatic heterocycles. The number of ether oxygens (including phenoxy) is 1. The van der Waals surface area contributed by atoms with Crippen LogP contribution in [0.4, 0.5) is 4.39 Å². The van der Waals surface area contributed by atoms with Gasteiger partial charge < -0.3 is 9.84 Å². The van der Waals surface area contributed by atoms with Crippen LogP contribution >= 0.6 is 15.9 Å². The number of rotatable bonds is 3. The van der Waals surface area contributed by atoms with Gasteiger partial charge in [0.25, 0.3) is 0 Å². The van der Waals surface area contributed by atoms with Gasteiger partial charge in [-0.1, -0.05) is 22.0 Å². The van der Waals surface area contributed by atoms with Gasteiger partial charge in [-0.2, -0.15) is 0 Å². The first-order chi connectivity index (χ1) is 10.9. The molecule has 0 saturated carbocycles. The molecule has 122 valence electrons. The fourth-order valence-corrected chi connectivity index (χ4v) is 5.10. The number of aliphatic hydroxyl groups excluding tert-OH is 1. The minimum atomic E-state index is -3.79. The molecule has 2 aromatic rings. The normalized spacial score (nSPS) is 20.7. The Morgan fingerprint density at radius 3 is 2.57 bits per heavy atom. The van der Waals surface area contributed by atoms with Crippen LogP contribution < -0.4 is 4.74 Å². The Kier molecular flexibility index (Phi) is 4.44. The molecule has 0 aromatic heterocycles. The van der Waals surface area contributed by atoms with Crippen molar-refractivity contribution in [3.8, 4) is 5.75 Å². The van der Waals surface area contributed by atoms with Crippen LogP contribution in [-0.4, -0.2) is 26.7 Å². The van der Waals surface area contributed by atoms with Crippen molar-refractivity contribution in [3.05, 3.63) is 58.3 Å². The molecule has 1 N–H and O–H groups in total. The first-order valence-electron chi connectivity index (χ1n) is 6.96. The summed E-state index contributed by atoms with van der Waals surface area (Å²) in [5.41, 5.74) is 0.503. The zero-order valence-electron chi connectivity index (χ0n) is 11.9. The average Bonchev–Trinajstić information content (AvgIpc) is 2.53. The number of fused-ring (bicyclic) bond motifs is 1. The van der Waals surface area contributed by atoms with Gasteiger partial charge in [-0.15, -0.1) is 0 Å². The lowest BCUT2D eigenvalue weighted by Crippen LogP contribution is -2.33. The first-order valence-corrected chi connectivity index (χ1v) is 9.30. The van der Waals surface area contributed by atoms with Crippen molar-refractivity contribution in [1.82, 2.24) is 0 Å². The van der Waals surface area contributed by atoms with E-state index in [1.54, 1.807) is 18.2 Å². The second-order valence-electron chi connectivity index (χ2n) is 5.36. The van der Waals surface area contributed by atoms with E-state index < -0.39 is 26.8 Å². The third-order valence-electron chi connectivity index (χ3n) is 3.87. The molecule has 2 unspecified atom stereocenters. The van der Waals surface area contributed by atoms with Gasteiger partial charge >= 0.3 is 0 Å². The Morgan fingerprint density at radius 2 is 1.91 bits per heavy atom. The zero-order chi connectivity index (χ0) is 16.6. The summed E-state index contributed by atoms with van der Waals surface area (Å²) in [5, 5.41) is 8.65. The molecule has 23 heavy (non-hydrogen) atoms. The molecular formula is C16H14BrFO4S. The second kappa shape index (κ2) is 6.22. The van der Waals surface area contributed by atoms with Gasteiger partial charge in [-0.25, -0.2) is 12.8 Å². The predicted molar refractivity (Wildman–Crippen MR) is 86.5 cm³/mol. The Morgan fingerprint density at radius 1 is 1.22 bits per heavy atom. The fourth-order valence-electron chi connectivity index (χ4n) is 2.75. The van der Waals surface area contributed by atoms with Crippen LogP contribution in [0.25, 0.3) is 0 Å². The molecule has 0 radical (unpaired) electrons. The van der Waals surface area contributed by atoms with Crippen LogP contribution in [0.3, 0.4) is 0 Å². The van der Waals surface area contributed by atoms with E-state index in [1.165, 1.54) is 12.1 Å². The van der Waals surface area contributed by atoms with Gasteiger partial charge in [-0.05, 0) is 36.4 Å². The van der Waals surface area contributed by atoms with Crippen molar-refractivity contribution in [2.24, 2.45) is 5.92 Å². The van der Waals surface area contributed by atoms with Crippen molar-refractivity contribution >= 4 is 25.8 Å². The largest absolute Gasteiger partial charge is 0.493 e. The Bertz CT molecular complexity index is 820. The third kappa shape index (κ3) is 3.00. The van der Waals surface area contributed by atoms with E-state index in [2.05, 4.69) is 15.9 Å². The predicted octanol–water partition coefficient (Wildman–Crippen LogP) is 3.10. The molecule has 3 rings (SSSR count). The lowest BCUT2D eigenvalue weighted by atomic mass is 9.97. The maximum atomic E-state index is 13.1. The SMILES string of the molecule is O=S(=O)(c1ccc(F)cc1)C1c2ccc(Br)cc2OCC1CO. The van der Waals surface area contributed by atoms with Crippen molar-refractivity contribution in [1.29, 1.82) is 0 Å². The number of hydrogen-bond donors (Lipinski definition) is 1. The highest BCUT2D eigenvalue weighted by atomic mass is 79.9. The molecule has 4 nitrogen and oxygen atoms in total. The summed E-state index contributed by atoms with van der Waals surface area (Å²) in [6, 6.07) is 9.82. The summed E-state index contributed by atoms with van der Waals surface area (Å²) < 4.78 is 45.5. The summed E-state index contributed by atoms with van der Waals surface area (Å²) in [5.74, 6) is -0.613. The maximum absolute atomic E-state index is 13.1. The van der Waals surface area contributed by atoms with Crippen molar-refractivity contribution < 1.29 is 22.7 Å². The third-order valence-corrected chi connectivity index (χ3v) is 6.60. The van der Waals surface area contributed by atoms with E-state index in [4.69, 9.17) is 4.74 Å². The van der Waals surface area contributed by atoms with E-state index in [0.29, 0.717) is 11.3 Å². The van der Waals surface area contributed by atoms with Gasteiger partial charge in [-0.3, -0.25) is 0 Å². The van der Waals surface area contributed by atoms with Crippen molar-refractivity contribution in [2.75, 3.05) is 13.2 Å². The highest BCUT2D eigenvalue weighted by molar-refractivity contribution is 9.10. The van der Waals surface area contributed by atoms with E-state index in [-0.39, 0.29) is 18.1 Å².